The number of aromatic nitrogens is 1. The van der Waals surface area contributed by atoms with Gasteiger partial charge in [0, 0.05) is 17.7 Å². The van der Waals surface area contributed by atoms with Crippen LogP contribution < -0.4 is 10.5 Å². The lowest BCUT2D eigenvalue weighted by molar-refractivity contribution is -0.139. The lowest BCUT2D eigenvalue weighted by Gasteiger charge is -2.12. The summed E-state index contributed by atoms with van der Waals surface area (Å²) in [7, 11) is 2.55. The Morgan fingerprint density at radius 1 is 1.50 bits per heavy atom. The van der Waals surface area contributed by atoms with Gasteiger partial charge in [0.1, 0.15) is 0 Å². The summed E-state index contributed by atoms with van der Waals surface area (Å²) in [6, 6.07) is 1.18. The topological polar surface area (TPSA) is 74.4 Å². The molecule has 0 unspecified atom stereocenters. The average molecular weight is 260 g/mol. The summed E-state index contributed by atoms with van der Waals surface area (Å²) in [5, 5.41) is 0. The molecule has 7 heteroatoms. The Hall–Kier alpha value is -1.76. The van der Waals surface area contributed by atoms with Gasteiger partial charge in [0.15, 0.2) is 0 Å². The van der Waals surface area contributed by atoms with Crippen molar-refractivity contribution in [3.05, 3.63) is 22.9 Å². The lowest BCUT2D eigenvalue weighted by Crippen LogP contribution is -2.11. The van der Waals surface area contributed by atoms with Gasteiger partial charge in [0.05, 0.1) is 26.3 Å². The molecule has 0 saturated heterocycles. The number of nitrogens with two attached hydrogens (primary N) is 1. The molecule has 2 N–H and O–H groups in total. The zero-order chi connectivity index (χ0) is 13.7. The Morgan fingerprint density at radius 3 is 2.61 bits per heavy atom. The van der Waals surface area contributed by atoms with Crippen LogP contribution in [0.15, 0.2) is 6.07 Å². The van der Waals surface area contributed by atoms with Crippen LogP contribution in [0.4, 0.5) is 8.78 Å². The maximum Gasteiger partial charge on any atom is 0.310 e. The van der Waals surface area contributed by atoms with Crippen molar-refractivity contribution in [2.75, 3.05) is 14.2 Å². The molecule has 0 amide bonds. The first-order valence-electron chi connectivity index (χ1n) is 5.15. The molecule has 0 aliphatic carbocycles. The van der Waals surface area contributed by atoms with Gasteiger partial charge in [0.25, 0.3) is 6.43 Å². The first-order valence-corrected chi connectivity index (χ1v) is 5.15. The molecule has 0 saturated carbocycles. The minimum absolute atomic E-state index is 0.0514. The van der Waals surface area contributed by atoms with Gasteiger partial charge in [-0.1, -0.05) is 0 Å². The van der Waals surface area contributed by atoms with Gasteiger partial charge in [-0.15, -0.1) is 0 Å². The standard InChI is InChI=1S/C11H14F2N2O3/c1-17-9(16)4-6-3-7(10(12)13)8(5-14)15-11(6)18-2/h3,10H,4-5,14H2,1-2H3. The van der Waals surface area contributed by atoms with E-state index in [1.54, 1.807) is 0 Å². The van der Waals surface area contributed by atoms with Crippen molar-refractivity contribution in [1.82, 2.24) is 4.98 Å². The number of esters is 1. The Kier molecular flexibility index (Phi) is 4.96. The van der Waals surface area contributed by atoms with Crippen LogP contribution in [0.25, 0.3) is 0 Å². The van der Waals surface area contributed by atoms with Crippen molar-refractivity contribution < 1.29 is 23.0 Å². The lowest BCUT2D eigenvalue weighted by atomic mass is 10.1. The second-order valence-electron chi connectivity index (χ2n) is 3.45. The van der Waals surface area contributed by atoms with E-state index in [4.69, 9.17) is 10.5 Å². The van der Waals surface area contributed by atoms with Crippen LogP contribution in [-0.2, 0) is 22.5 Å². The van der Waals surface area contributed by atoms with Crippen LogP contribution >= 0.6 is 0 Å². The van der Waals surface area contributed by atoms with Gasteiger partial charge in [-0.2, -0.15) is 0 Å². The third-order valence-electron chi connectivity index (χ3n) is 2.36. The molecular formula is C11H14F2N2O3. The predicted molar refractivity (Wildman–Crippen MR) is 59.4 cm³/mol. The second kappa shape index (κ2) is 6.25. The highest BCUT2D eigenvalue weighted by atomic mass is 19.3. The van der Waals surface area contributed by atoms with Gasteiger partial charge in [-0.05, 0) is 6.07 Å². The average Bonchev–Trinajstić information content (AvgIpc) is 2.37. The summed E-state index contributed by atoms with van der Waals surface area (Å²) in [6.07, 6.45) is -2.89. The van der Waals surface area contributed by atoms with Gasteiger partial charge >= 0.3 is 5.97 Å². The Morgan fingerprint density at radius 2 is 2.17 bits per heavy atom. The van der Waals surface area contributed by atoms with Crippen molar-refractivity contribution in [3.8, 4) is 5.88 Å². The zero-order valence-corrected chi connectivity index (χ0v) is 10.1. The number of rotatable bonds is 5. The first-order chi connectivity index (χ1) is 8.53. The predicted octanol–water partition coefficient (Wildman–Crippen LogP) is 1.20. The zero-order valence-electron chi connectivity index (χ0n) is 10.1. The first kappa shape index (κ1) is 14.3. The maximum atomic E-state index is 12.8. The second-order valence-corrected chi connectivity index (χ2v) is 3.45. The monoisotopic (exact) mass is 260 g/mol. The third kappa shape index (κ3) is 3.13. The molecule has 0 fully saturated rings. The SMILES string of the molecule is COC(=O)Cc1cc(C(F)F)c(CN)nc1OC. The van der Waals surface area contributed by atoms with Crippen molar-refractivity contribution in [2.45, 2.75) is 19.4 Å². The van der Waals surface area contributed by atoms with Gasteiger partial charge < -0.3 is 15.2 Å². The summed E-state index contributed by atoms with van der Waals surface area (Å²) < 4.78 is 35.0. The molecule has 0 bridgehead atoms. The Balaban J connectivity index is 3.22. The van der Waals surface area contributed by atoms with Crippen molar-refractivity contribution in [3.63, 3.8) is 0 Å². The molecule has 0 aromatic carbocycles. The largest absolute Gasteiger partial charge is 0.481 e. The summed E-state index contributed by atoms with van der Waals surface area (Å²) in [5.41, 5.74) is 5.35. The molecule has 1 heterocycles. The number of pyridine rings is 1. The molecule has 1 aromatic heterocycles. The van der Waals surface area contributed by atoms with E-state index >= 15 is 0 Å². The van der Waals surface area contributed by atoms with E-state index < -0.39 is 12.4 Å². The highest BCUT2D eigenvalue weighted by Gasteiger charge is 2.19. The molecule has 1 rings (SSSR count). The molecule has 5 nitrogen and oxygen atoms in total. The van der Waals surface area contributed by atoms with E-state index in [0.717, 1.165) is 0 Å². The van der Waals surface area contributed by atoms with Crippen LogP contribution in [0.5, 0.6) is 5.88 Å². The molecule has 0 atom stereocenters. The van der Waals surface area contributed by atoms with E-state index in [-0.39, 0.29) is 35.7 Å². The van der Waals surface area contributed by atoms with E-state index in [0.29, 0.717) is 0 Å². The van der Waals surface area contributed by atoms with Crippen molar-refractivity contribution >= 4 is 5.97 Å². The number of hydrogen-bond acceptors (Lipinski definition) is 5. The molecule has 0 aliphatic heterocycles. The summed E-state index contributed by atoms with van der Waals surface area (Å²) in [5.74, 6) is -0.457. The number of alkyl halides is 2. The van der Waals surface area contributed by atoms with Crippen LogP contribution in [-0.4, -0.2) is 25.2 Å². The number of nitrogens with zero attached hydrogens (tertiary/aromatic N) is 1. The van der Waals surface area contributed by atoms with E-state index in [9.17, 15) is 13.6 Å². The van der Waals surface area contributed by atoms with Crippen LogP contribution in [0.3, 0.4) is 0 Å². The summed E-state index contributed by atoms with van der Waals surface area (Å²) in [4.78, 5) is 15.1. The van der Waals surface area contributed by atoms with Crippen LogP contribution in [0, 0.1) is 0 Å². The number of carbonyl (C=O) groups excluding carboxylic acids is 1. The highest BCUT2D eigenvalue weighted by molar-refractivity contribution is 5.73. The normalized spacial score (nSPS) is 10.6. The molecule has 1 aromatic rings. The molecule has 100 valence electrons. The number of methoxy groups -OCH3 is 2. The fourth-order valence-corrected chi connectivity index (χ4v) is 1.48. The number of ether oxygens (including phenoxy) is 2. The number of carbonyl (C=O) groups is 1. The molecule has 18 heavy (non-hydrogen) atoms. The van der Waals surface area contributed by atoms with Crippen molar-refractivity contribution in [1.29, 1.82) is 0 Å². The van der Waals surface area contributed by atoms with Gasteiger partial charge in [0.2, 0.25) is 5.88 Å². The maximum absolute atomic E-state index is 12.8. The smallest absolute Gasteiger partial charge is 0.310 e. The van der Waals surface area contributed by atoms with Gasteiger partial charge in [-0.25, -0.2) is 13.8 Å². The van der Waals surface area contributed by atoms with E-state index in [1.165, 1.54) is 20.3 Å². The van der Waals surface area contributed by atoms with Crippen molar-refractivity contribution in [2.24, 2.45) is 5.73 Å². The molecule has 0 radical (unpaired) electrons. The quantitative estimate of drug-likeness (QED) is 0.805. The van der Waals surface area contributed by atoms with Gasteiger partial charge in [-0.3, -0.25) is 4.79 Å². The highest BCUT2D eigenvalue weighted by Crippen LogP contribution is 2.27. The number of hydrogen-bond donors (Lipinski definition) is 1. The Bertz CT molecular complexity index is 439. The molecule has 0 aliphatic rings. The van der Waals surface area contributed by atoms with Crippen LogP contribution in [0.2, 0.25) is 0 Å². The van der Waals surface area contributed by atoms with Crippen LogP contribution in [0.1, 0.15) is 23.2 Å². The summed E-state index contributed by atoms with van der Waals surface area (Å²) >= 11 is 0. The van der Waals surface area contributed by atoms with E-state index in [2.05, 4.69) is 9.72 Å². The minimum atomic E-state index is -2.71. The fourth-order valence-electron chi connectivity index (χ4n) is 1.48. The third-order valence-corrected chi connectivity index (χ3v) is 2.36. The molecular weight excluding hydrogens is 246 g/mol. The Labute approximate surface area is 103 Å². The summed E-state index contributed by atoms with van der Waals surface area (Å²) in [6.45, 7) is -0.130. The minimum Gasteiger partial charge on any atom is -0.481 e. The molecule has 0 spiro atoms. The fraction of sp³-hybridized carbons (Fsp3) is 0.455. The van der Waals surface area contributed by atoms with E-state index in [1.807, 2.05) is 0 Å². The number of halogens is 2.